The van der Waals surface area contributed by atoms with Gasteiger partial charge in [0.2, 0.25) is 12.1 Å². The summed E-state index contributed by atoms with van der Waals surface area (Å²) < 4.78 is 0. The van der Waals surface area contributed by atoms with Crippen molar-refractivity contribution in [3.8, 4) is 0 Å². The largest absolute Gasteiger partial charge is 0.389 e. The van der Waals surface area contributed by atoms with Crippen molar-refractivity contribution < 1.29 is 24.7 Å². The second-order valence-electron chi connectivity index (χ2n) is 4.38. The van der Waals surface area contributed by atoms with Crippen LogP contribution in [0.1, 0.15) is 6.92 Å². The lowest BCUT2D eigenvalue weighted by atomic mass is 10.2. The molecule has 2 atom stereocenters. The zero-order valence-electron chi connectivity index (χ0n) is 11.0. The molecular weight excluding hydrogens is 310 g/mol. The van der Waals surface area contributed by atoms with Gasteiger partial charge in [0.15, 0.2) is 15.1 Å². The molecule has 2 saturated heterocycles. The van der Waals surface area contributed by atoms with Crippen LogP contribution in [0.3, 0.4) is 0 Å². The molecule has 3 amide bonds. The monoisotopic (exact) mass is 319 g/mol. The lowest BCUT2D eigenvalue weighted by Crippen LogP contribution is -2.67. The lowest BCUT2D eigenvalue weighted by molar-refractivity contribution is -0.740. The SMILES string of the molecule is CC(=O)N1C(=O)N([N+](=O)[O-])[C@H]2[C@@H]1N([N+](=O)[O-])CCN2[N+](=O)[O-]. The molecule has 2 aliphatic rings. The van der Waals surface area contributed by atoms with Gasteiger partial charge in [-0.05, 0) is 5.01 Å². The molecule has 0 radical (unpaired) electrons. The Balaban J connectivity index is 2.58. The Hall–Kier alpha value is -3.26. The highest BCUT2D eigenvalue weighted by molar-refractivity contribution is 5.95. The molecule has 0 spiro atoms. The Bertz CT molecular complexity index is 531. The standard InChI is InChI=1S/C7H9N7O8/c1-4(15)10-5-6(11(7(10)16)14(21)22)9(13(19)20)3-2-8(5)12(17)18/h5-6H,2-3H2,1H3/t5-,6+/m1/s1. The number of imide groups is 1. The average Bonchev–Trinajstić information content (AvgIpc) is 2.69. The Labute approximate surface area is 120 Å². The summed E-state index contributed by atoms with van der Waals surface area (Å²) in [5.41, 5.74) is 0. The number of carbonyl (C=O) groups is 2. The van der Waals surface area contributed by atoms with Crippen molar-refractivity contribution in [2.45, 2.75) is 19.3 Å². The van der Waals surface area contributed by atoms with Gasteiger partial charge in [0, 0.05) is 6.92 Å². The van der Waals surface area contributed by atoms with E-state index in [0.717, 1.165) is 6.92 Å². The molecule has 0 N–H and O–H groups in total. The fourth-order valence-corrected chi connectivity index (χ4v) is 2.48. The molecule has 0 bridgehead atoms. The summed E-state index contributed by atoms with van der Waals surface area (Å²) in [6.07, 6.45) is -3.68. The van der Waals surface area contributed by atoms with Crippen molar-refractivity contribution in [3.05, 3.63) is 30.3 Å². The molecule has 0 aromatic heterocycles. The van der Waals surface area contributed by atoms with E-state index in [9.17, 15) is 39.9 Å². The molecule has 15 heteroatoms. The summed E-state index contributed by atoms with van der Waals surface area (Å²) >= 11 is 0. The fraction of sp³-hybridized carbons (Fsp3) is 0.714. The number of rotatable bonds is 3. The molecule has 0 aromatic carbocycles. The van der Waals surface area contributed by atoms with E-state index in [-0.39, 0.29) is 9.91 Å². The van der Waals surface area contributed by atoms with Crippen LogP contribution in [0.2, 0.25) is 0 Å². The maximum atomic E-state index is 12.0. The molecule has 2 aliphatic heterocycles. The van der Waals surface area contributed by atoms with Crippen molar-refractivity contribution in [2.75, 3.05) is 13.1 Å². The van der Waals surface area contributed by atoms with Gasteiger partial charge in [0.1, 0.15) is 13.1 Å². The van der Waals surface area contributed by atoms with Crippen LogP contribution in [-0.4, -0.2) is 72.4 Å². The number of urea groups is 1. The number of nitrogens with zero attached hydrogens (tertiary/aromatic N) is 7. The molecule has 0 unspecified atom stereocenters. The predicted molar refractivity (Wildman–Crippen MR) is 61.7 cm³/mol. The summed E-state index contributed by atoms with van der Waals surface area (Å²) in [5.74, 6) is -0.999. The normalized spacial score (nSPS) is 24.3. The van der Waals surface area contributed by atoms with E-state index in [1.807, 2.05) is 0 Å². The molecule has 2 fully saturated rings. The summed E-state index contributed by atoms with van der Waals surface area (Å²) in [6.45, 7) is -0.141. The number of fused-ring (bicyclic) bond motifs is 1. The average molecular weight is 319 g/mol. The number of nitro groups is 3. The summed E-state index contributed by atoms with van der Waals surface area (Å²) in [5, 5.41) is 30.4. The quantitative estimate of drug-likeness (QED) is 0.422. The highest BCUT2D eigenvalue weighted by Gasteiger charge is 2.66. The zero-order valence-corrected chi connectivity index (χ0v) is 11.0. The number of piperazine rings is 1. The number of hydrazine groups is 3. The van der Waals surface area contributed by atoms with Gasteiger partial charge in [0.05, 0.1) is 0 Å². The van der Waals surface area contributed by atoms with E-state index < -0.39 is 52.5 Å². The van der Waals surface area contributed by atoms with Crippen molar-refractivity contribution in [1.29, 1.82) is 0 Å². The molecule has 120 valence electrons. The second kappa shape index (κ2) is 4.93. The smallest absolute Gasteiger partial charge is 0.275 e. The van der Waals surface area contributed by atoms with Crippen LogP contribution < -0.4 is 0 Å². The van der Waals surface area contributed by atoms with Crippen LogP contribution in [0.25, 0.3) is 0 Å². The predicted octanol–water partition coefficient (Wildman–Crippen LogP) is -1.88. The minimum atomic E-state index is -1.90. The van der Waals surface area contributed by atoms with Gasteiger partial charge in [-0.3, -0.25) is 4.79 Å². The Kier molecular flexibility index (Phi) is 3.39. The number of hydrogen-bond donors (Lipinski definition) is 0. The molecular formula is C7H9N7O8. The number of amides is 3. The van der Waals surface area contributed by atoms with Gasteiger partial charge >= 0.3 is 6.03 Å². The zero-order chi connectivity index (χ0) is 16.8. The Morgan fingerprint density at radius 2 is 1.45 bits per heavy atom. The first-order valence-electron chi connectivity index (χ1n) is 5.77. The minimum absolute atomic E-state index is 0.148. The molecule has 22 heavy (non-hydrogen) atoms. The topological polar surface area (TPSA) is 177 Å². The molecule has 0 aliphatic carbocycles. The number of hydrogen-bond acceptors (Lipinski definition) is 8. The van der Waals surface area contributed by atoms with Gasteiger partial charge < -0.3 is 0 Å². The Morgan fingerprint density at radius 1 is 1.00 bits per heavy atom. The van der Waals surface area contributed by atoms with Gasteiger partial charge in [0.25, 0.3) is 6.17 Å². The van der Waals surface area contributed by atoms with E-state index in [2.05, 4.69) is 0 Å². The first-order chi connectivity index (χ1) is 10.2. The molecule has 15 nitrogen and oxygen atoms in total. The third kappa shape index (κ3) is 1.98. The second-order valence-corrected chi connectivity index (χ2v) is 4.38. The third-order valence-corrected chi connectivity index (χ3v) is 3.29. The molecule has 2 heterocycles. The van der Waals surface area contributed by atoms with Crippen LogP contribution in [0.15, 0.2) is 0 Å². The third-order valence-electron chi connectivity index (χ3n) is 3.29. The maximum Gasteiger partial charge on any atom is 0.389 e. The molecule has 0 aromatic rings. The minimum Gasteiger partial charge on any atom is -0.275 e. The first-order valence-corrected chi connectivity index (χ1v) is 5.77. The van der Waals surface area contributed by atoms with E-state index in [4.69, 9.17) is 0 Å². The first kappa shape index (κ1) is 15.1. The number of carbonyl (C=O) groups excluding carboxylic acids is 2. The van der Waals surface area contributed by atoms with Crippen LogP contribution in [0, 0.1) is 30.3 Å². The Morgan fingerprint density at radius 3 is 1.82 bits per heavy atom. The van der Waals surface area contributed by atoms with Crippen molar-refractivity contribution in [3.63, 3.8) is 0 Å². The van der Waals surface area contributed by atoms with Crippen LogP contribution in [0.4, 0.5) is 4.79 Å². The summed E-state index contributed by atoms with van der Waals surface area (Å²) in [4.78, 5) is 56.8. The van der Waals surface area contributed by atoms with Gasteiger partial charge in [-0.1, -0.05) is 10.0 Å². The van der Waals surface area contributed by atoms with Crippen molar-refractivity contribution in [2.24, 2.45) is 0 Å². The highest BCUT2D eigenvalue weighted by atomic mass is 16.7. The summed E-state index contributed by atoms with van der Waals surface area (Å²) in [6, 6.07) is -1.46. The highest BCUT2D eigenvalue weighted by Crippen LogP contribution is 2.31. The molecule has 0 saturated carbocycles. The van der Waals surface area contributed by atoms with Gasteiger partial charge in [-0.25, -0.2) is 40.0 Å². The lowest BCUT2D eigenvalue weighted by Gasteiger charge is -2.35. The van der Waals surface area contributed by atoms with E-state index in [1.165, 1.54) is 0 Å². The van der Waals surface area contributed by atoms with E-state index >= 15 is 0 Å². The van der Waals surface area contributed by atoms with Crippen LogP contribution in [0.5, 0.6) is 0 Å². The van der Waals surface area contributed by atoms with Crippen LogP contribution in [-0.2, 0) is 4.79 Å². The summed E-state index contributed by atoms with van der Waals surface area (Å²) in [7, 11) is 0. The van der Waals surface area contributed by atoms with Crippen LogP contribution >= 0.6 is 0 Å². The van der Waals surface area contributed by atoms with E-state index in [0.29, 0.717) is 10.0 Å². The van der Waals surface area contributed by atoms with Gasteiger partial charge in [-0.2, -0.15) is 0 Å². The maximum absolute atomic E-state index is 12.0. The fourth-order valence-electron chi connectivity index (χ4n) is 2.48. The van der Waals surface area contributed by atoms with Gasteiger partial charge in [-0.15, -0.1) is 0 Å². The van der Waals surface area contributed by atoms with Crippen molar-refractivity contribution in [1.82, 2.24) is 19.9 Å². The molecule has 2 rings (SSSR count). The van der Waals surface area contributed by atoms with E-state index in [1.54, 1.807) is 0 Å². The van der Waals surface area contributed by atoms with Crippen molar-refractivity contribution >= 4 is 11.9 Å².